The zero-order valence-electron chi connectivity index (χ0n) is 16.0. The third-order valence-corrected chi connectivity index (χ3v) is 6.20. The minimum Gasteiger partial charge on any atom is -0.353 e. The van der Waals surface area contributed by atoms with E-state index in [9.17, 15) is 9.59 Å². The minimum absolute atomic E-state index is 0.0141. The monoisotopic (exact) mass is 443 g/mol. The molecule has 1 fully saturated rings. The van der Waals surface area contributed by atoms with Gasteiger partial charge in [0.15, 0.2) is 0 Å². The molecule has 0 bridgehead atoms. The number of amides is 1. The second-order valence-electron chi connectivity index (χ2n) is 7.71. The van der Waals surface area contributed by atoms with Gasteiger partial charge in [-0.15, -0.1) is 0 Å². The van der Waals surface area contributed by atoms with Crippen LogP contribution >= 0.6 is 15.9 Å². The summed E-state index contributed by atoms with van der Waals surface area (Å²) in [6.07, 6.45) is 10.2. The highest BCUT2D eigenvalue weighted by molar-refractivity contribution is 9.10. The first-order valence-corrected chi connectivity index (χ1v) is 11.0. The molecule has 1 N–H and O–H groups in total. The molecule has 5 nitrogen and oxygen atoms in total. The molecular weight excluding hydrogens is 418 g/mol. The number of hydrogen-bond donors (Lipinski definition) is 1. The molecule has 1 amide bonds. The lowest BCUT2D eigenvalue weighted by atomic mass is 10.1. The number of carbonyl (C=O) groups is 1. The Morgan fingerprint density at radius 3 is 2.64 bits per heavy atom. The van der Waals surface area contributed by atoms with Crippen LogP contribution in [0.5, 0.6) is 0 Å². The Morgan fingerprint density at radius 1 is 1.07 bits per heavy atom. The van der Waals surface area contributed by atoms with Crippen LogP contribution in [0.2, 0.25) is 0 Å². The first kappa shape index (κ1) is 19.2. The maximum absolute atomic E-state index is 13.0. The van der Waals surface area contributed by atoms with Crippen LogP contribution < -0.4 is 10.9 Å². The minimum atomic E-state index is -0.0141. The number of nitrogens with zero attached hydrogens (tertiary/aromatic N) is 2. The average Bonchev–Trinajstić information content (AvgIpc) is 3.03. The Bertz CT molecular complexity index is 1050. The Morgan fingerprint density at radius 2 is 1.86 bits per heavy atom. The summed E-state index contributed by atoms with van der Waals surface area (Å²) in [4.78, 5) is 25.3. The zero-order chi connectivity index (χ0) is 19.5. The van der Waals surface area contributed by atoms with E-state index in [0.29, 0.717) is 30.9 Å². The molecule has 28 heavy (non-hydrogen) atoms. The summed E-state index contributed by atoms with van der Waals surface area (Å²) in [5, 5.41) is 3.19. The van der Waals surface area contributed by atoms with Gasteiger partial charge >= 0.3 is 0 Å². The topological polar surface area (TPSA) is 55.5 Å². The highest BCUT2D eigenvalue weighted by Crippen LogP contribution is 2.21. The summed E-state index contributed by atoms with van der Waals surface area (Å²) in [5.74, 6) is 0.106. The van der Waals surface area contributed by atoms with E-state index in [0.717, 1.165) is 28.3 Å². The third-order valence-electron chi connectivity index (χ3n) is 5.71. The number of carbonyl (C=O) groups excluding carboxylic acids is 1. The number of halogens is 1. The molecule has 3 aromatic rings. The van der Waals surface area contributed by atoms with Gasteiger partial charge in [0.1, 0.15) is 5.52 Å². The van der Waals surface area contributed by atoms with Crippen molar-refractivity contribution in [1.29, 1.82) is 0 Å². The molecular formula is C22H26BrN3O2. The predicted octanol–water partition coefficient (Wildman–Crippen LogP) is 4.64. The average molecular weight is 444 g/mol. The standard InChI is InChI=1S/C22H26BrN3O2/c23-16-11-12-18-20(15-16)26(22(28)19-9-5-13-25(18)19)14-6-10-21(27)24-17-7-3-1-2-4-8-17/h5,9,11-13,15,17H,1-4,6-8,10,14H2,(H,24,27). The maximum Gasteiger partial charge on any atom is 0.275 e. The smallest absolute Gasteiger partial charge is 0.275 e. The van der Waals surface area contributed by atoms with Gasteiger partial charge in [-0.2, -0.15) is 0 Å². The first-order chi connectivity index (χ1) is 13.6. The largest absolute Gasteiger partial charge is 0.353 e. The number of rotatable bonds is 5. The van der Waals surface area contributed by atoms with E-state index in [2.05, 4.69) is 21.2 Å². The van der Waals surface area contributed by atoms with Crippen LogP contribution in [0.25, 0.3) is 16.6 Å². The maximum atomic E-state index is 13.0. The van der Waals surface area contributed by atoms with E-state index in [4.69, 9.17) is 0 Å². The molecule has 0 spiro atoms. The van der Waals surface area contributed by atoms with Gasteiger partial charge in [-0.25, -0.2) is 0 Å². The van der Waals surface area contributed by atoms with Crippen LogP contribution in [0.4, 0.5) is 0 Å². The number of aryl methyl sites for hydroxylation is 1. The van der Waals surface area contributed by atoms with E-state index < -0.39 is 0 Å². The van der Waals surface area contributed by atoms with Crippen molar-refractivity contribution >= 4 is 38.4 Å². The number of fused-ring (bicyclic) bond motifs is 3. The molecule has 0 radical (unpaired) electrons. The predicted molar refractivity (Wildman–Crippen MR) is 116 cm³/mol. The van der Waals surface area contributed by atoms with Gasteiger partial charge in [0, 0.05) is 29.7 Å². The quantitative estimate of drug-likeness (QED) is 0.584. The lowest BCUT2D eigenvalue weighted by Crippen LogP contribution is -2.34. The van der Waals surface area contributed by atoms with Crippen LogP contribution in [0, 0.1) is 0 Å². The van der Waals surface area contributed by atoms with E-state index in [-0.39, 0.29) is 11.5 Å². The van der Waals surface area contributed by atoms with E-state index in [1.807, 2.05) is 40.9 Å². The summed E-state index contributed by atoms with van der Waals surface area (Å²) >= 11 is 3.51. The van der Waals surface area contributed by atoms with Gasteiger partial charge < -0.3 is 14.3 Å². The fourth-order valence-corrected chi connectivity index (χ4v) is 4.62. The highest BCUT2D eigenvalue weighted by atomic mass is 79.9. The molecule has 4 rings (SSSR count). The molecule has 0 saturated heterocycles. The van der Waals surface area contributed by atoms with Crippen molar-refractivity contribution in [2.75, 3.05) is 0 Å². The van der Waals surface area contributed by atoms with Crippen molar-refractivity contribution in [3.05, 3.63) is 51.4 Å². The van der Waals surface area contributed by atoms with Crippen LogP contribution in [0.3, 0.4) is 0 Å². The molecule has 0 aliphatic heterocycles. The van der Waals surface area contributed by atoms with Gasteiger partial charge in [-0.1, -0.05) is 41.6 Å². The van der Waals surface area contributed by atoms with Gasteiger partial charge in [-0.3, -0.25) is 9.59 Å². The molecule has 1 aliphatic rings. The molecule has 2 aromatic heterocycles. The van der Waals surface area contributed by atoms with Gasteiger partial charge in [-0.05, 0) is 49.6 Å². The van der Waals surface area contributed by atoms with Crippen molar-refractivity contribution < 1.29 is 4.79 Å². The number of hydrogen-bond acceptors (Lipinski definition) is 2. The molecule has 6 heteroatoms. The molecule has 0 atom stereocenters. The van der Waals surface area contributed by atoms with E-state index in [1.165, 1.54) is 25.7 Å². The lowest BCUT2D eigenvalue weighted by Gasteiger charge is -2.17. The van der Waals surface area contributed by atoms with Crippen molar-refractivity contribution in [2.24, 2.45) is 0 Å². The summed E-state index contributed by atoms with van der Waals surface area (Å²) in [6, 6.07) is 10.0. The normalized spacial score (nSPS) is 15.8. The molecule has 1 saturated carbocycles. The Kier molecular flexibility index (Phi) is 5.85. The van der Waals surface area contributed by atoms with Gasteiger partial charge in [0.25, 0.3) is 5.56 Å². The molecule has 1 aliphatic carbocycles. The van der Waals surface area contributed by atoms with Crippen LogP contribution in [-0.4, -0.2) is 20.9 Å². The van der Waals surface area contributed by atoms with Crippen LogP contribution in [0.1, 0.15) is 51.4 Å². The number of nitrogens with one attached hydrogen (secondary N) is 1. The Hall–Kier alpha value is -2.08. The van der Waals surface area contributed by atoms with E-state index >= 15 is 0 Å². The van der Waals surface area contributed by atoms with Crippen molar-refractivity contribution in [2.45, 2.75) is 64.0 Å². The van der Waals surface area contributed by atoms with Crippen molar-refractivity contribution in [1.82, 2.24) is 14.3 Å². The Labute approximate surface area is 172 Å². The van der Waals surface area contributed by atoms with Crippen LogP contribution in [-0.2, 0) is 11.3 Å². The molecule has 148 valence electrons. The number of aromatic nitrogens is 2. The number of benzene rings is 1. The summed E-state index contributed by atoms with van der Waals surface area (Å²) in [6.45, 7) is 0.533. The van der Waals surface area contributed by atoms with E-state index in [1.54, 1.807) is 4.57 Å². The van der Waals surface area contributed by atoms with Crippen molar-refractivity contribution in [3.63, 3.8) is 0 Å². The first-order valence-electron chi connectivity index (χ1n) is 10.2. The summed E-state index contributed by atoms with van der Waals surface area (Å²) in [5.41, 5.74) is 2.52. The molecule has 1 aromatic carbocycles. The summed E-state index contributed by atoms with van der Waals surface area (Å²) in [7, 11) is 0. The second kappa shape index (κ2) is 8.52. The lowest BCUT2D eigenvalue weighted by molar-refractivity contribution is -0.122. The Balaban J connectivity index is 1.49. The second-order valence-corrected chi connectivity index (χ2v) is 8.63. The fourth-order valence-electron chi connectivity index (χ4n) is 4.27. The van der Waals surface area contributed by atoms with Crippen LogP contribution in [0.15, 0.2) is 45.8 Å². The van der Waals surface area contributed by atoms with Crippen molar-refractivity contribution in [3.8, 4) is 0 Å². The van der Waals surface area contributed by atoms with Gasteiger partial charge in [0.05, 0.1) is 11.0 Å². The SMILES string of the molecule is O=C(CCCn1c(=O)c2cccn2c2ccc(Br)cc21)NC1CCCCCC1. The molecule has 2 heterocycles. The van der Waals surface area contributed by atoms with Gasteiger partial charge in [0.2, 0.25) is 5.91 Å². The third kappa shape index (κ3) is 4.02. The fraction of sp³-hybridized carbons (Fsp3) is 0.455. The zero-order valence-corrected chi connectivity index (χ0v) is 17.6. The molecule has 0 unspecified atom stereocenters. The summed E-state index contributed by atoms with van der Waals surface area (Å²) < 4.78 is 4.67. The highest BCUT2D eigenvalue weighted by Gasteiger charge is 2.15.